The van der Waals surface area contributed by atoms with Gasteiger partial charge in [0.05, 0.1) is 12.3 Å². The van der Waals surface area contributed by atoms with Crippen molar-refractivity contribution in [2.45, 2.75) is 40.3 Å². The molecule has 1 aromatic heterocycles. The van der Waals surface area contributed by atoms with Crippen molar-refractivity contribution in [1.29, 1.82) is 0 Å². The number of rotatable bonds is 6. The Kier molecular flexibility index (Phi) is 4.66. The van der Waals surface area contributed by atoms with Crippen molar-refractivity contribution in [1.82, 2.24) is 9.78 Å². The predicted molar refractivity (Wildman–Crippen MR) is 57.0 cm³/mol. The van der Waals surface area contributed by atoms with E-state index in [4.69, 9.17) is 4.74 Å². The zero-order chi connectivity index (χ0) is 10.4. The fourth-order valence-corrected chi connectivity index (χ4v) is 1.30. The Bertz CT molecular complexity index is 256. The average molecular weight is 196 g/mol. The molecule has 0 aliphatic rings. The van der Waals surface area contributed by atoms with Crippen LogP contribution in [0.2, 0.25) is 0 Å². The molecule has 0 fully saturated rings. The van der Waals surface area contributed by atoms with E-state index in [2.05, 4.69) is 25.9 Å². The quantitative estimate of drug-likeness (QED) is 0.699. The lowest BCUT2D eigenvalue weighted by Gasteiger charge is -2.08. The zero-order valence-corrected chi connectivity index (χ0v) is 9.36. The van der Waals surface area contributed by atoms with Crippen LogP contribution in [0.25, 0.3) is 0 Å². The molecule has 0 radical (unpaired) electrons. The smallest absolute Gasteiger partial charge is 0.0884 e. The summed E-state index contributed by atoms with van der Waals surface area (Å²) in [6.45, 7) is 8.94. The number of ether oxygens (including phenoxy) is 1. The molecular formula is C11H20N2O. The van der Waals surface area contributed by atoms with E-state index in [0.717, 1.165) is 19.6 Å². The number of hydrogen-bond acceptors (Lipinski definition) is 2. The van der Waals surface area contributed by atoms with E-state index in [1.807, 2.05) is 16.9 Å². The van der Waals surface area contributed by atoms with Gasteiger partial charge >= 0.3 is 0 Å². The summed E-state index contributed by atoms with van der Waals surface area (Å²) in [7, 11) is 0. The van der Waals surface area contributed by atoms with Gasteiger partial charge in [-0.3, -0.25) is 4.68 Å². The first-order valence-electron chi connectivity index (χ1n) is 5.32. The molecule has 0 aliphatic carbocycles. The molecule has 3 nitrogen and oxygen atoms in total. The molecule has 0 aromatic carbocycles. The summed E-state index contributed by atoms with van der Waals surface area (Å²) in [5.74, 6) is 0.595. The van der Waals surface area contributed by atoms with Crippen LogP contribution in [0, 0.1) is 5.92 Å². The maximum Gasteiger partial charge on any atom is 0.0884 e. The van der Waals surface area contributed by atoms with E-state index in [-0.39, 0.29) is 0 Å². The summed E-state index contributed by atoms with van der Waals surface area (Å²) >= 11 is 0. The summed E-state index contributed by atoms with van der Waals surface area (Å²) in [6.07, 6.45) is 2.95. The van der Waals surface area contributed by atoms with E-state index >= 15 is 0 Å². The third kappa shape index (κ3) is 3.50. The van der Waals surface area contributed by atoms with Gasteiger partial charge in [-0.05, 0) is 18.4 Å². The standard InChI is InChI=1S/C11H20N2O/c1-4-7-13-11(5-6-12-13)9-14-8-10(2)3/h5-6,10H,4,7-9H2,1-3H3. The van der Waals surface area contributed by atoms with E-state index in [1.54, 1.807) is 0 Å². The normalized spacial score (nSPS) is 11.1. The molecule has 0 saturated carbocycles. The van der Waals surface area contributed by atoms with Crippen LogP contribution in [0.4, 0.5) is 0 Å². The minimum Gasteiger partial charge on any atom is -0.375 e. The molecule has 14 heavy (non-hydrogen) atoms. The number of hydrogen-bond donors (Lipinski definition) is 0. The van der Waals surface area contributed by atoms with Crippen LogP contribution in [0.3, 0.4) is 0 Å². The zero-order valence-electron chi connectivity index (χ0n) is 9.36. The van der Waals surface area contributed by atoms with Crippen LogP contribution >= 0.6 is 0 Å². The fourth-order valence-electron chi connectivity index (χ4n) is 1.30. The average Bonchev–Trinajstić information content (AvgIpc) is 2.53. The molecule has 0 spiro atoms. The first-order chi connectivity index (χ1) is 6.74. The minimum absolute atomic E-state index is 0.595. The van der Waals surface area contributed by atoms with Gasteiger partial charge in [0.25, 0.3) is 0 Å². The maximum atomic E-state index is 5.57. The highest BCUT2D eigenvalue weighted by Crippen LogP contribution is 2.03. The highest BCUT2D eigenvalue weighted by atomic mass is 16.5. The number of aromatic nitrogens is 2. The Morgan fingerprint density at radius 3 is 2.93 bits per heavy atom. The second-order valence-corrected chi connectivity index (χ2v) is 3.95. The minimum atomic E-state index is 0.595. The summed E-state index contributed by atoms with van der Waals surface area (Å²) in [5, 5.41) is 4.24. The van der Waals surface area contributed by atoms with Crippen molar-refractivity contribution in [3.63, 3.8) is 0 Å². The van der Waals surface area contributed by atoms with Crippen LogP contribution in [-0.4, -0.2) is 16.4 Å². The van der Waals surface area contributed by atoms with Crippen molar-refractivity contribution in [2.24, 2.45) is 5.92 Å². The van der Waals surface area contributed by atoms with Crippen molar-refractivity contribution in [2.75, 3.05) is 6.61 Å². The van der Waals surface area contributed by atoms with Gasteiger partial charge in [-0.1, -0.05) is 20.8 Å². The van der Waals surface area contributed by atoms with Crippen molar-refractivity contribution in [3.05, 3.63) is 18.0 Å². The molecular weight excluding hydrogens is 176 g/mol. The molecule has 0 N–H and O–H groups in total. The monoisotopic (exact) mass is 196 g/mol. The Hall–Kier alpha value is -0.830. The first-order valence-corrected chi connectivity index (χ1v) is 5.32. The molecule has 1 rings (SSSR count). The third-order valence-corrected chi connectivity index (χ3v) is 1.94. The van der Waals surface area contributed by atoms with E-state index < -0.39 is 0 Å². The Labute approximate surface area is 86.1 Å². The van der Waals surface area contributed by atoms with Gasteiger partial charge in [-0.25, -0.2) is 0 Å². The Morgan fingerprint density at radius 2 is 2.29 bits per heavy atom. The second kappa shape index (κ2) is 5.81. The first kappa shape index (κ1) is 11.2. The molecule has 0 amide bonds. The van der Waals surface area contributed by atoms with E-state index in [0.29, 0.717) is 12.5 Å². The summed E-state index contributed by atoms with van der Waals surface area (Å²) in [6, 6.07) is 2.02. The molecule has 1 heterocycles. The van der Waals surface area contributed by atoms with Gasteiger partial charge in [0.15, 0.2) is 0 Å². The summed E-state index contributed by atoms with van der Waals surface area (Å²) in [4.78, 5) is 0. The molecule has 3 heteroatoms. The third-order valence-electron chi connectivity index (χ3n) is 1.94. The molecule has 0 unspecified atom stereocenters. The molecule has 0 bridgehead atoms. The van der Waals surface area contributed by atoms with Gasteiger partial charge in [-0.15, -0.1) is 0 Å². The summed E-state index contributed by atoms with van der Waals surface area (Å²) in [5.41, 5.74) is 1.17. The highest BCUT2D eigenvalue weighted by Gasteiger charge is 2.01. The van der Waals surface area contributed by atoms with Gasteiger partial charge in [-0.2, -0.15) is 5.10 Å². The Morgan fingerprint density at radius 1 is 1.50 bits per heavy atom. The van der Waals surface area contributed by atoms with Gasteiger partial charge in [0, 0.05) is 19.3 Å². The Balaban J connectivity index is 2.37. The van der Waals surface area contributed by atoms with E-state index in [1.165, 1.54) is 5.69 Å². The highest BCUT2D eigenvalue weighted by molar-refractivity contribution is 4.98. The fraction of sp³-hybridized carbons (Fsp3) is 0.727. The maximum absolute atomic E-state index is 5.57. The lowest BCUT2D eigenvalue weighted by atomic mass is 10.2. The van der Waals surface area contributed by atoms with Crippen molar-refractivity contribution >= 4 is 0 Å². The summed E-state index contributed by atoms with van der Waals surface area (Å²) < 4.78 is 7.58. The van der Waals surface area contributed by atoms with Gasteiger partial charge < -0.3 is 4.74 Å². The van der Waals surface area contributed by atoms with Crippen LogP contribution in [0.15, 0.2) is 12.3 Å². The predicted octanol–water partition coefficient (Wildman–Crippen LogP) is 2.47. The molecule has 0 aliphatic heterocycles. The molecule has 0 atom stereocenters. The number of nitrogens with zero attached hydrogens (tertiary/aromatic N) is 2. The van der Waals surface area contributed by atoms with Gasteiger partial charge in [0.2, 0.25) is 0 Å². The van der Waals surface area contributed by atoms with Crippen molar-refractivity contribution in [3.8, 4) is 0 Å². The van der Waals surface area contributed by atoms with Crippen molar-refractivity contribution < 1.29 is 4.74 Å². The van der Waals surface area contributed by atoms with Crippen LogP contribution < -0.4 is 0 Å². The largest absolute Gasteiger partial charge is 0.375 e. The van der Waals surface area contributed by atoms with E-state index in [9.17, 15) is 0 Å². The molecule has 1 aromatic rings. The lowest BCUT2D eigenvalue weighted by Crippen LogP contribution is -2.08. The molecule has 80 valence electrons. The SMILES string of the molecule is CCCn1nccc1COCC(C)C. The van der Waals surface area contributed by atoms with Crippen LogP contribution in [-0.2, 0) is 17.9 Å². The van der Waals surface area contributed by atoms with Crippen LogP contribution in [0.5, 0.6) is 0 Å². The van der Waals surface area contributed by atoms with Crippen LogP contribution in [0.1, 0.15) is 32.9 Å². The topological polar surface area (TPSA) is 27.1 Å². The lowest BCUT2D eigenvalue weighted by molar-refractivity contribution is 0.0919. The molecule has 0 saturated heterocycles. The van der Waals surface area contributed by atoms with Gasteiger partial charge in [0.1, 0.15) is 0 Å². The second-order valence-electron chi connectivity index (χ2n) is 3.95. The number of aryl methyl sites for hydroxylation is 1.